The second-order valence-corrected chi connectivity index (χ2v) is 19.8. The lowest BCUT2D eigenvalue weighted by atomic mass is 10.1. The van der Waals surface area contributed by atoms with Crippen molar-refractivity contribution in [1.29, 1.82) is 0 Å². The molecule has 0 N–H and O–H groups in total. The van der Waals surface area contributed by atoms with Crippen LogP contribution in [0.2, 0.25) is 0 Å². The highest BCUT2D eigenvalue weighted by Gasteiger charge is 2.35. The van der Waals surface area contributed by atoms with Gasteiger partial charge in [-0.3, -0.25) is 9.59 Å². The van der Waals surface area contributed by atoms with Gasteiger partial charge in [-0.15, -0.1) is 47.0 Å². The third kappa shape index (κ3) is 9.99. The molecule has 0 radical (unpaired) electrons. The number of hydrogen-bond donors (Lipinski definition) is 0. The fourth-order valence-corrected chi connectivity index (χ4v) is 16.4. The number of carbonyl (C=O) groups is 2. The van der Waals surface area contributed by atoms with Gasteiger partial charge in [-0.05, 0) is 47.6 Å². The summed E-state index contributed by atoms with van der Waals surface area (Å²) in [6.07, 6.45) is 0. The molecule has 0 amide bonds. The lowest BCUT2D eigenvalue weighted by Crippen LogP contribution is -2.11. The van der Waals surface area contributed by atoms with Crippen molar-refractivity contribution in [3.63, 3.8) is 0 Å². The molecule has 0 bridgehead atoms. The molecule has 210 valence electrons. The highest BCUT2D eigenvalue weighted by molar-refractivity contribution is 8.23. The molecular weight excluding hydrogens is 625 g/mol. The maximum atomic E-state index is 12.0. The molecule has 3 rings (SSSR count). The van der Waals surface area contributed by atoms with E-state index in [0.29, 0.717) is 41.3 Å². The van der Waals surface area contributed by atoms with Crippen molar-refractivity contribution in [2.45, 2.75) is 57.9 Å². The van der Waals surface area contributed by atoms with E-state index in [-0.39, 0.29) is 10.2 Å². The number of rotatable bonds is 14. The van der Waals surface area contributed by atoms with Gasteiger partial charge in [-0.25, -0.2) is 0 Å². The van der Waals surface area contributed by atoms with Gasteiger partial charge in [0.15, 0.2) is 0 Å². The van der Waals surface area contributed by atoms with Gasteiger partial charge in [0, 0.05) is 33.5 Å². The zero-order valence-electron chi connectivity index (χ0n) is 22.5. The van der Waals surface area contributed by atoms with Crippen LogP contribution in [0.5, 0.6) is 0 Å². The summed E-state index contributed by atoms with van der Waals surface area (Å²) < 4.78 is 1.02. The third-order valence-corrected chi connectivity index (χ3v) is 18.6. The van der Waals surface area contributed by atoms with Gasteiger partial charge < -0.3 is 0 Å². The zero-order valence-corrected chi connectivity index (χ0v) is 29.0. The molecule has 2 heterocycles. The third-order valence-electron chi connectivity index (χ3n) is 5.82. The van der Waals surface area contributed by atoms with Gasteiger partial charge in [0.25, 0.3) is 0 Å². The molecule has 10 heteroatoms. The maximum Gasteiger partial charge on any atom is 0.214 e. The highest BCUT2D eigenvalue weighted by atomic mass is 32.2. The van der Waals surface area contributed by atoms with Crippen LogP contribution in [0.4, 0.5) is 0 Å². The quantitative estimate of drug-likeness (QED) is 0.180. The largest absolute Gasteiger partial charge is 0.282 e. The van der Waals surface area contributed by atoms with Crippen LogP contribution in [0.25, 0.3) is 0 Å². The molecule has 1 aromatic carbocycles. The summed E-state index contributed by atoms with van der Waals surface area (Å²) in [6.45, 7) is 15.6. The number of carbonyl (C=O) groups excluding carboxylic acids is 2. The Balaban J connectivity index is 1.62. The molecule has 2 nitrogen and oxygen atoms in total. The van der Waals surface area contributed by atoms with Crippen molar-refractivity contribution in [1.82, 2.24) is 0 Å². The van der Waals surface area contributed by atoms with Crippen LogP contribution >= 0.6 is 94.1 Å². The first-order valence-electron chi connectivity index (χ1n) is 12.8. The highest BCUT2D eigenvalue weighted by Crippen LogP contribution is 2.53. The van der Waals surface area contributed by atoms with Crippen LogP contribution in [0, 0.1) is 0 Å². The smallest absolute Gasteiger partial charge is 0.214 e. The minimum atomic E-state index is 0.123. The Bertz CT molecular complexity index is 889. The first-order chi connectivity index (χ1) is 18.2. The Morgan fingerprint density at radius 2 is 1.16 bits per heavy atom. The minimum Gasteiger partial charge on any atom is -0.282 e. The summed E-state index contributed by atoms with van der Waals surface area (Å²) in [6, 6.07) is 9.46. The Kier molecular flexibility index (Phi) is 15.0. The lowest BCUT2D eigenvalue weighted by Gasteiger charge is -2.25. The molecular formula is C28H38O2S8. The monoisotopic (exact) mass is 662 g/mol. The second-order valence-electron chi connectivity index (χ2n) is 9.10. The van der Waals surface area contributed by atoms with E-state index < -0.39 is 0 Å². The van der Waals surface area contributed by atoms with Crippen molar-refractivity contribution in [3.05, 3.63) is 59.7 Å². The van der Waals surface area contributed by atoms with Crippen molar-refractivity contribution in [2.75, 3.05) is 34.5 Å². The van der Waals surface area contributed by atoms with Gasteiger partial charge in [0.2, 0.25) is 10.2 Å². The fourth-order valence-electron chi connectivity index (χ4n) is 3.92. The van der Waals surface area contributed by atoms with Gasteiger partial charge in [0.05, 0.1) is 19.7 Å². The van der Waals surface area contributed by atoms with E-state index in [1.807, 2.05) is 23.5 Å². The molecule has 2 fully saturated rings. The van der Waals surface area contributed by atoms with Crippen molar-refractivity contribution in [2.24, 2.45) is 0 Å². The van der Waals surface area contributed by atoms with Crippen LogP contribution in [-0.2, 0) is 9.59 Å². The van der Waals surface area contributed by atoms with Crippen LogP contribution in [-0.4, -0.2) is 64.4 Å². The first kappa shape index (κ1) is 33.3. The Morgan fingerprint density at radius 3 is 1.47 bits per heavy atom. The fraction of sp³-hybridized carbons (Fsp3) is 0.571. The van der Waals surface area contributed by atoms with Crippen LogP contribution < -0.4 is 0 Å². The van der Waals surface area contributed by atoms with Crippen LogP contribution in [0.3, 0.4) is 0 Å². The standard InChI is InChI=1S/C28H38O2S8/c1-7-31-23(27-35-15-21(37-27)13-33-25(29)17(3)4)19-9-11-20(12-10-19)24(32-8-2)28-36-16-22(38-28)14-34-26(30)18(5)6/h9-12,21-24,27-28H,3,5,7-8,13-16H2,1-2,4,6H3. The molecule has 38 heavy (non-hydrogen) atoms. The summed E-state index contributed by atoms with van der Waals surface area (Å²) in [5, 5.41) is 2.17. The van der Waals surface area contributed by atoms with Crippen molar-refractivity contribution < 1.29 is 9.59 Å². The van der Waals surface area contributed by atoms with E-state index in [1.54, 1.807) is 13.8 Å². The molecule has 0 saturated carbocycles. The topological polar surface area (TPSA) is 34.1 Å². The van der Waals surface area contributed by atoms with Crippen LogP contribution in [0.1, 0.15) is 49.3 Å². The van der Waals surface area contributed by atoms with E-state index in [1.165, 1.54) is 34.7 Å². The van der Waals surface area contributed by atoms with Crippen LogP contribution in [0.15, 0.2) is 48.6 Å². The summed E-state index contributed by atoms with van der Waals surface area (Å²) in [5.74, 6) is 6.13. The Labute approximate surface area is 263 Å². The summed E-state index contributed by atoms with van der Waals surface area (Å²) in [5.41, 5.74) is 4.11. The van der Waals surface area contributed by atoms with Gasteiger partial charge in [0.1, 0.15) is 0 Å². The number of thioether (sulfide) groups is 8. The van der Waals surface area contributed by atoms with Crippen molar-refractivity contribution >= 4 is 104 Å². The molecule has 2 saturated heterocycles. The number of benzene rings is 1. The molecule has 0 aliphatic carbocycles. The van der Waals surface area contributed by atoms with Gasteiger partial charge >= 0.3 is 0 Å². The van der Waals surface area contributed by atoms with E-state index in [9.17, 15) is 9.59 Å². The number of hydrogen-bond acceptors (Lipinski definition) is 10. The lowest BCUT2D eigenvalue weighted by molar-refractivity contribution is -0.108. The molecule has 0 aromatic heterocycles. The average Bonchev–Trinajstić information content (AvgIpc) is 3.57. The molecule has 6 atom stereocenters. The van der Waals surface area contributed by atoms with E-state index in [0.717, 1.165) is 34.5 Å². The molecule has 2 aliphatic heterocycles. The summed E-state index contributed by atoms with van der Waals surface area (Å²) in [7, 11) is 0. The molecule has 0 spiro atoms. The van der Waals surface area contributed by atoms with E-state index in [2.05, 4.69) is 98.3 Å². The molecule has 6 unspecified atom stereocenters. The predicted octanol–water partition coefficient (Wildman–Crippen LogP) is 9.30. The Morgan fingerprint density at radius 1 is 0.789 bits per heavy atom. The molecule has 1 aromatic rings. The van der Waals surface area contributed by atoms with Crippen molar-refractivity contribution in [3.8, 4) is 0 Å². The predicted molar refractivity (Wildman–Crippen MR) is 188 cm³/mol. The maximum absolute atomic E-state index is 12.0. The van der Waals surface area contributed by atoms with E-state index >= 15 is 0 Å². The SMILES string of the molecule is C=C(C)C(=O)SCC1CSC(C(SCC)c2ccc(C(SCC)C3SCC(CSC(=O)C(=C)C)S3)cc2)S1. The van der Waals surface area contributed by atoms with Gasteiger partial charge in [-0.1, -0.05) is 74.8 Å². The molecule has 2 aliphatic rings. The zero-order chi connectivity index (χ0) is 27.7. The Hall–Kier alpha value is 0.840. The summed E-state index contributed by atoms with van der Waals surface area (Å²) in [4.78, 5) is 24.0. The second kappa shape index (κ2) is 17.1. The van der Waals surface area contributed by atoms with E-state index in [4.69, 9.17) is 0 Å². The minimum absolute atomic E-state index is 0.123. The normalized spacial score (nSPS) is 24.7. The first-order valence-corrected chi connectivity index (χ1v) is 20.8. The summed E-state index contributed by atoms with van der Waals surface area (Å²) >= 11 is 15.1. The van der Waals surface area contributed by atoms with Gasteiger partial charge in [-0.2, -0.15) is 23.5 Å². The average molecular weight is 663 g/mol.